The molecule has 0 amide bonds. The molecule has 0 aliphatic heterocycles. The Bertz CT molecular complexity index is 561. The fraction of sp³-hybridized carbons (Fsp3) is 0. The lowest BCUT2D eigenvalue weighted by Gasteiger charge is -2.02. The zero-order valence-electron chi connectivity index (χ0n) is 8.89. The number of benzene rings is 2. The number of carbonyl (C=O) groups is 1. The normalized spacial score (nSPS) is 9.94. The summed E-state index contributed by atoms with van der Waals surface area (Å²) < 4.78 is 0. The van der Waals surface area contributed by atoms with Crippen molar-refractivity contribution < 1.29 is 4.79 Å². The van der Waals surface area contributed by atoms with Crippen LogP contribution in [0.5, 0.6) is 0 Å². The monoisotopic (exact) mass is 260 g/mol. The van der Waals surface area contributed by atoms with Gasteiger partial charge >= 0.3 is 0 Å². The summed E-state index contributed by atoms with van der Waals surface area (Å²) in [5.41, 5.74) is 2.14. The van der Waals surface area contributed by atoms with Crippen molar-refractivity contribution in [2.45, 2.75) is 0 Å². The van der Waals surface area contributed by atoms with Gasteiger partial charge in [0, 0.05) is 21.5 Å². The summed E-state index contributed by atoms with van der Waals surface area (Å²) in [6.45, 7) is 0. The molecule has 0 unspecified atom stereocenters. The van der Waals surface area contributed by atoms with Crippen molar-refractivity contribution in [1.82, 2.24) is 0 Å². The third kappa shape index (κ3) is 2.78. The highest BCUT2D eigenvalue weighted by molar-refractivity contribution is 7.79. The smallest absolute Gasteiger partial charge is 0.193 e. The lowest BCUT2D eigenvalue weighted by molar-refractivity contribution is 0.103. The van der Waals surface area contributed by atoms with E-state index in [-0.39, 0.29) is 5.78 Å². The number of hydrogen-bond acceptors (Lipinski definition) is 2. The molecule has 84 valence electrons. The van der Waals surface area contributed by atoms with Crippen LogP contribution in [0.1, 0.15) is 21.5 Å². The fourth-order valence-corrected chi connectivity index (χ4v) is 1.86. The van der Waals surface area contributed by atoms with E-state index in [4.69, 9.17) is 23.8 Å². The molecule has 1 nitrogen and oxygen atoms in total. The summed E-state index contributed by atoms with van der Waals surface area (Å²) in [5, 5.41) is 2.14. The Morgan fingerprint density at radius 1 is 1.06 bits per heavy atom. The molecule has 0 atom stereocenters. The second-order valence-corrected chi connectivity index (χ2v) is 4.25. The molecule has 0 aliphatic rings. The van der Waals surface area contributed by atoms with Gasteiger partial charge < -0.3 is 0 Å². The largest absolute Gasteiger partial charge is 0.289 e. The first-order valence-corrected chi connectivity index (χ1v) is 5.91. The molecule has 0 fully saturated rings. The predicted molar refractivity (Wildman–Crippen MR) is 74.1 cm³/mol. The summed E-state index contributed by atoms with van der Waals surface area (Å²) in [5.74, 6) is -0.0385. The van der Waals surface area contributed by atoms with Crippen LogP contribution in [0.15, 0.2) is 48.5 Å². The van der Waals surface area contributed by atoms with Gasteiger partial charge in [-0.25, -0.2) is 0 Å². The summed E-state index contributed by atoms with van der Waals surface area (Å²) in [7, 11) is 0. The van der Waals surface area contributed by atoms with Gasteiger partial charge in [0.2, 0.25) is 0 Å². The lowest BCUT2D eigenvalue weighted by atomic mass is 10.0. The van der Waals surface area contributed by atoms with Gasteiger partial charge in [-0.1, -0.05) is 60.2 Å². The van der Waals surface area contributed by atoms with Crippen LogP contribution in [0.3, 0.4) is 0 Å². The van der Waals surface area contributed by atoms with Crippen LogP contribution in [0, 0.1) is 0 Å². The Morgan fingerprint density at radius 3 is 2.35 bits per heavy atom. The van der Waals surface area contributed by atoms with E-state index in [1.807, 2.05) is 12.1 Å². The molecule has 0 heterocycles. The second kappa shape index (κ2) is 5.21. The third-order valence-electron chi connectivity index (χ3n) is 2.40. The SMILES string of the molecule is O=C(c1ccc(C=S)cc1)c1cccc(Cl)c1. The van der Waals surface area contributed by atoms with Crippen LogP contribution in [0.2, 0.25) is 5.02 Å². The van der Waals surface area contributed by atoms with Gasteiger partial charge in [0.15, 0.2) is 5.78 Å². The van der Waals surface area contributed by atoms with Crippen LogP contribution in [-0.4, -0.2) is 11.2 Å². The highest BCUT2D eigenvalue weighted by atomic mass is 35.5. The molecule has 2 aromatic carbocycles. The van der Waals surface area contributed by atoms with E-state index in [0.29, 0.717) is 16.1 Å². The quantitative estimate of drug-likeness (QED) is 0.615. The summed E-state index contributed by atoms with van der Waals surface area (Å²) in [4.78, 5) is 12.1. The summed E-state index contributed by atoms with van der Waals surface area (Å²) in [6, 6.07) is 14.1. The van der Waals surface area contributed by atoms with Crippen LogP contribution < -0.4 is 0 Å². The Kier molecular flexibility index (Phi) is 3.67. The molecule has 3 heteroatoms. The first-order valence-electron chi connectivity index (χ1n) is 5.06. The molecule has 0 radical (unpaired) electrons. The second-order valence-electron chi connectivity index (χ2n) is 3.58. The van der Waals surface area contributed by atoms with E-state index >= 15 is 0 Å². The number of carbonyl (C=O) groups excluding carboxylic acids is 1. The van der Waals surface area contributed by atoms with Gasteiger partial charge in [-0.15, -0.1) is 0 Å². The summed E-state index contributed by atoms with van der Waals surface area (Å²) in [6.07, 6.45) is 0. The van der Waals surface area contributed by atoms with Crippen molar-refractivity contribution in [3.8, 4) is 0 Å². The Hall–Kier alpha value is -1.51. The van der Waals surface area contributed by atoms with Gasteiger partial charge in [0.25, 0.3) is 0 Å². The van der Waals surface area contributed by atoms with Crippen LogP contribution in [0.25, 0.3) is 0 Å². The molecule has 2 rings (SSSR count). The highest BCUT2D eigenvalue weighted by Gasteiger charge is 2.08. The van der Waals surface area contributed by atoms with Crippen LogP contribution in [0.4, 0.5) is 0 Å². The molecule has 0 saturated heterocycles. The van der Waals surface area contributed by atoms with Crippen molar-refractivity contribution in [1.29, 1.82) is 0 Å². The van der Waals surface area contributed by atoms with E-state index in [0.717, 1.165) is 5.56 Å². The molecule has 0 bridgehead atoms. The maximum Gasteiger partial charge on any atom is 0.193 e. The minimum absolute atomic E-state index is 0.0385. The Labute approximate surface area is 110 Å². The first-order chi connectivity index (χ1) is 8.20. The minimum atomic E-state index is -0.0385. The van der Waals surface area contributed by atoms with Crippen molar-refractivity contribution in [2.24, 2.45) is 0 Å². The van der Waals surface area contributed by atoms with Crippen molar-refractivity contribution in [3.63, 3.8) is 0 Å². The standard InChI is InChI=1S/C14H9ClOS/c15-13-3-1-2-12(8-13)14(16)11-6-4-10(9-17)5-7-11/h1-9H. The molecule has 0 aliphatic carbocycles. The zero-order chi connectivity index (χ0) is 12.3. The maximum absolute atomic E-state index is 12.1. The topological polar surface area (TPSA) is 17.1 Å². The van der Waals surface area contributed by atoms with Gasteiger partial charge in [0.1, 0.15) is 0 Å². The van der Waals surface area contributed by atoms with Gasteiger partial charge in [0.05, 0.1) is 0 Å². The first kappa shape index (κ1) is 12.0. The predicted octanol–water partition coefficient (Wildman–Crippen LogP) is 3.92. The van der Waals surface area contributed by atoms with E-state index in [9.17, 15) is 4.79 Å². The van der Waals surface area contributed by atoms with Crippen molar-refractivity contribution in [2.75, 3.05) is 0 Å². The molecular weight excluding hydrogens is 252 g/mol. The molecular formula is C14H9ClOS. The van der Waals surface area contributed by atoms with Crippen LogP contribution >= 0.6 is 23.8 Å². The van der Waals surface area contributed by atoms with Gasteiger partial charge in [-0.05, 0) is 17.7 Å². The average molecular weight is 261 g/mol. The zero-order valence-corrected chi connectivity index (χ0v) is 10.5. The highest BCUT2D eigenvalue weighted by Crippen LogP contribution is 2.15. The van der Waals surface area contributed by atoms with Gasteiger partial charge in [-0.2, -0.15) is 0 Å². The van der Waals surface area contributed by atoms with E-state index in [1.54, 1.807) is 41.8 Å². The number of halogens is 1. The number of hydrogen-bond donors (Lipinski definition) is 0. The average Bonchev–Trinajstić information content (AvgIpc) is 2.38. The maximum atomic E-state index is 12.1. The molecule has 0 aromatic heterocycles. The number of ketones is 1. The minimum Gasteiger partial charge on any atom is -0.289 e. The number of rotatable bonds is 3. The fourth-order valence-electron chi connectivity index (χ4n) is 1.51. The van der Waals surface area contributed by atoms with E-state index in [2.05, 4.69) is 0 Å². The van der Waals surface area contributed by atoms with Crippen LogP contribution in [-0.2, 0) is 0 Å². The molecule has 0 N–H and O–H groups in total. The van der Waals surface area contributed by atoms with Crippen molar-refractivity contribution >= 4 is 35.0 Å². The number of thiocarbonyl (C=S) groups is 1. The van der Waals surface area contributed by atoms with E-state index in [1.165, 1.54) is 0 Å². The molecule has 0 spiro atoms. The molecule has 0 saturated carbocycles. The Morgan fingerprint density at radius 2 is 1.76 bits per heavy atom. The molecule has 2 aromatic rings. The summed E-state index contributed by atoms with van der Waals surface area (Å²) >= 11 is 10.7. The third-order valence-corrected chi connectivity index (χ3v) is 2.90. The van der Waals surface area contributed by atoms with E-state index < -0.39 is 0 Å². The molecule has 17 heavy (non-hydrogen) atoms. The van der Waals surface area contributed by atoms with Gasteiger partial charge in [-0.3, -0.25) is 4.79 Å². The lowest BCUT2D eigenvalue weighted by Crippen LogP contribution is -2.01. The van der Waals surface area contributed by atoms with Crippen molar-refractivity contribution in [3.05, 3.63) is 70.2 Å². The Balaban J connectivity index is 2.33.